The Hall–Kier alpha value is 1.16. The van der Waals surface area contributed by atoms with E-state index in [9.17, 15) is 0 Å². The second-order valence-electron chi connectivity index (χ2n) is 2.99. The first kappa shape index (κ1) is 24.4. The van der Waals surface area contributed by atoms with Crippen LogP contribution in [0.1, 0.15) is 20.8 Å². The van der Waals surface area contributed by atoms with Crippen molar-refractivity contribution in [2.75, 3.05) is 0 Å². The van der Waals surface area contributed by atoms with Gasteiger partial charge in [0.1, 0.15) is 0 Å². The van der Waals surface area contributed by atoms with Gasteiger partial charge in [0.2, 0.25) is 0 Å². The van der Waals surface area contributed by atoms with Crippen LogP contribution in [-0.4, -0.2) is 9.52 Å². The van der Waals surface area contributed by atoms with Gasteiger partial charge in [0, 0.05) is 35.7 Å². The summed E-state index contributed by atoms with van der Waals surface area (Å²) in [5.41, 5.74) is 2.70. The van der Waals surface area contributed by atoms with Crippen LogP contribution in [0.4, 0.5) is 0 Å². The molecule has 0 N–H and O–H groups in total. The maximum Gasteiger partial charge on any atom is 0.0213 e. The maximum atomic E-state index is 3.29. The zero-order valence-electron chi connectivity index (χ0n) is 9.55. The van der Waals surface area contributed by atoms with Crippen molar-refractivity contribution in [1.29, 1.82) is 0 Å². The number of allylic oxidation sites excluding steroid dienone is 4. The van der Waals surface area contributed by atoms with Crippen molar-refractivity contribution in [3.63, 3.8) is 0 Å². The average Bonchev–Trinajstić information content (AvgIpc) is 2.12. The van der Waals surface area contributed by atoms with E-state index in [4.69, 9.17) is 0 Å². The number of rotatable bonds is 0. The molecule has 1 atom stereocenters. The van der Waals surface area contributed by atoms with Crippen LogP contribution in [0, 0.1) is 12.0 Å². The Labute approximate surface area is 123 Å². The molecule has 0 bridgehead atoms. The van der Waals surface area contributed by atoms with E-state index in [0.29, 0.717) is 5.92 Å². The van der Waals surface area contributed by atoms with Gasteiger partial charge in [-0.25, -0.2) is 11.1 Å². The molecule has 1 rings (SSSR count). The fourth-order valence-corrected chi connectivity index (χ4v) is 0.997. The van der Waals surface area contributed by atoms with Crippen LogP contribution in [-0.2, 0) is 26.2 Å². The summed E-state index contributed by atoms with van der Waals surface area (Å²) >= 11 is 0. The second-order valence-corrected chi connectivity index (χ2v) is 4.14. The molecule has 0 heterocycles. The Bertz CT molecular complexity index is 161. The van der Waals surface area contributed by atoms with Crippen LogP contribution in [0.2, 0.25) is 13.1 Å². The first-order valence-electron chi connectivity index (χ1n) is 4.14. The van der Waals surface area contributed by atoms with Crippen LogP contribution < -0.4 is 0 Å². The molecule has 83 valence electrons. The van der Waals surface area contributed by atoms with Crippen molar-refractivity contribution in [3.8, 4) is 0 Å². The summed E-state index contributed by atoms with van der Waals surface area (Å²) in [4.78, 5) is 0. The van der Waals surface area contributed by atoms with Gasteiger partial charge in [-0.15, -0.1) is 31.7 Å². The Morgan fingerprint density at radius 1 is 1.21 bits per heavy atom. The molecule has 4 heteroatoms. The summed E-state index contributed by atoms with van der Waals surface area (Å²) in [5, 5.41) is 0. The molecule has 0 aliphatic heterocycles. The van der Waals surface area contributed by atoms with E-state index in [1.165, 1.54) is 11.1 Å². The van der Waals surface area contributed by atoms with Gasteiger partial charge in [-0.1, -0.05) is 32.9 Å². The van der Waals surface area contributed by atoms with Gasteiger partial charge in [-0.3, -0.25) is 6.08 Å². The van der Waals surface area contributed by atoms with Gasteiger partial charge in [0.05, 0.1) is 0 Å². The number of halogens is 2. The first-order valence-corrected chi connectivity index (χ1v) is 6.45. The fourth-order valence-electron chi connectivity index (χ4n) is 0.997. The van der Waals surface area contributed by atoms with Crippen LogP contribution >= 0.6 is 24.8 Å². The predicted octanol–water partition coefficient (Wildman–Crippen LogP) is 3.69. The fraction of sp³-hybridized carbons (Fsp3) is 0.600. The molecule has 0 saturated heterocycles. The van der Waals surface area contributed by atoms with Crippen LogP contribution in [0.25, 0.3) is 0 Å². The van der Waals surface area contributed by atoms with Gasteiger partial charge in [0.25, 0.3) is 0 Å². The van der Waals surface area contributed by atoms with E-state index in [2.05, 4.69) is 46.0 Å². The van der Waals surface area contributed by atoms with E-state index < -0.39 is 0 Å². The molecule has 14 heavy (non-hydrogen) atoms. The summed E-state index contributed by atoms with van der Waals surface area (Å²) in [5.74, 6) is 0.551. The molecule has 0 aromatic heterocycles. The second kappa shape index (κ2) is 14.2. The molecule has 0 spiro atoms. The van der Waals surface area contributed by atoms with Crippen LogP contribution in [0.15, 0.2) is 17.2 Å². The van der Waals surface area contributed by atoms with Gasteiger partial charge in [0.15, 0.2) is 0 Å². The van der Waals surface area contributed by atoms with E-state index in [1.807, 2.05) is 0 Å². The van der Waals surface area contributed by atoms with Gasteiger partial charge >= 0.3 is 0 Å². The van der Waals surface area contributed by atoms with Crippen molar-refractivity contribution >= 4 is 34.3 Å². The molecule has 1 unspecified atom stereocenters. The maximum absolute atomic E-state index is 3.29. The largest absolute Gasteiger partial charge is 0.266 e. The van der Waals surface area contributed by atoms with Crippen molar-refractivity contribution in [2.24, 2.45) is 5.92 Å². The monoisotopic (exact) mass is 328 g/mol. The quantitative estimate of drug-likeness (QED) is 0.469. The van der Waals surface area contributed by atoms with Crippen molar-refractivity contribution in [2.45, 2.75) is 33.9 Å². The zero-order chi connectivity index (χ0) is 8.85. The van der Waals surface area contributed by atoms with Gasteiger partial charge in [-0.05, 0) is 0 Å². The molecule has 0 aromatic rings. The van der Waals surface area contributed by atoms with E-state index in [-0.39, 0.29) is 51.0 Å². The molecule has 1 radical (unpaired) electrons. The number of hydrogen-bond acceptors (Lipinski definition) is 0. The molecule has 0 nitrogen and oxygen atoms in total. The SMILES string of the molecule is CC1=[C-]C(C)C=C1C.C[SiH]C.Cl.Cl.[Zr]. The third-order valence-corrected chi connectivity index (χ3v) is 1.54. The normalized spacial score (nSPS) is 17.1. The third-order valence-electron chi connectivity index (χ3n) is 1.54. The Balaban J connectivity index is -0.0000000758. The third kappa shape index (κ3) is 11.2. The summed E-state index contributed by atoms with van der Waals surface area (Å²) in [7, 11) is 0.750. The summed E-state index contributed by atoms with van der Waals surface area (Å²) in [6.07, 6.45) is 5.52. The summed E-state index contributed by atoms with van der Waals surface area (Å²) in [6, 6.07) is 0. The molecule has 1 aliphatic rings. The van der Waals surface area contributed by atoms with Crippen molar-refractivity contribution < 1.29 is 26.2 Å². The Kier molecular flexibility index (Phi) is 24.7. The zero-order valence-corrected chi connectivity index (χ0v) is 14.8. The average molecular weight is 330 g/mol. The summed E-state index contributed by atoms with van der Waals surface area (Å²) < 4.78 is 0. The van der Waals surface area contributed by atoms with E-state index in [1.54, 1.807) is 0 Å². The van der Waals surface area contributed by atoms with Crippen molar-refractivity contribution in [3.05, 3.63) is 23.3 Å². The van der Waals surface area contributed by atoms with E-state index in [0.717, 1.165) is 9.52 Å². The molecule has 0 aromatic carbocycles. The minimum absolute atomic E-state index is 0. The summed E-state index contributed by atoms with van der Waals surface area (Å²) in [6.45, 7) is 10.8. The molecule has 1 aliphatic carbocycles. The van der Waals surface area contributed by atoms with E-state index >= 15 is 0 Å². The molecular weight excluding hydrogens is 310 g/mol. The Morgan fingerprint density at radius 3 is 1.64 bits per heavy atom. The first-order chi connectivity index (χ1) is 5.11. The number of hydrogen-bond donors (Lipinski definition) is 0. The molecule has 0 saturated carbocycles. The predicted molar refractivity (Wildman–Crippen MR) is 68.7 cm³/mol. The molecule has 0 fully saturated rings. The smallest absolute Gasteiger partial charge is 0.0213 e. The van der Waals surface area contributed by atoms with Crippen LogP contribution in [0.5, 0.6) is 0 Å². The van der Waals surface area contributed by atoms with Gasteiger partial charge in [-0.2, -0.15) is 6.08 Å². The molecule has 0 amide bonds. The Morgan fingerprint density at radius 2 is 1.57 bits per heavy atom. The molecular formula is C10H20Cl2SiZr-. The standard InChI is InChI=1S/C8H11.C2H7Si.2ClH.Zr/c1-6-4-7(2)8(3)5-6;1-3-2;;;/h4,6H,1-3H3;3H,1-2H3;2*1H;/q-1;;;;. The van der Waals surface area contributed by atoms with Crippen molar-refractivity contribution in [1.82, 2.24) is 0 Å². The minimum Gasteiger partial charge on any atom is -0.266 e. The topological polar surface area (TPSA) is 0 Å². The van der Waals surface area contributed by atoms with Gasteiger partial charge < -0.3 is 0 Å². The minimum atomic E-state index is 0. The van der Waals surface area contributed by atoms with Crippen LogP contribution in [0.3, 0.4) is 0 Å².